The largest absolute Gasteiger partial charge is 0.465 e. The van der Waals surface area contributed by atoms with Crippen LogP contribution in [0.25, 0.3) is 0 Å². The van der Waals surface area contributed by atoms with Crippen molar-refractivity contribution in [2.45, 2.75) is 12.8 Å². The molecule has 2 rings (SSSR count). The van der Waals surface area contributed by atoms with E-state index in [-0.39, 0.29) is 11.9 Å². The molecule has 2 aliphatic heterocycles. The van der Waals surface area contributed by atoms with E-state index in [1.807, 2.05) is 0 Å². The summed E-state index contributed by atoms with van der Waals surface area (Å²) < 4.78 is 5.27. The molecule has 2 saturated heterocycles. The minimum absolute atomic E-state index is 0.0101. The number of ether oxygens (including phenoxy) is 1. The molecule has 0 aromatic heterocycles. The van der Waals surface area contributed by atoms with Crippen LogP contribution in [-0.4, -0.2) is 38.8 Å². The molecule has 0 amide bonds. The molecule has 2 fully saturated rings. The van der Waals surface area contributed by atoms with Gasteiger partial charge in [-0.15, -0.1) is 0 Å². The van der Waals surface area contributed by atoms with Crippen molar-refractivity contribution < 1.29 is 9.53 Å². The summed E-state index contributed by atoms with van der Waals surface area (Å²) in [5.74, 6) is 0.636. The van der Waals surface area contributed by atoms with Gasteiger partial charge in [-0.3, -0.25) is 4.79 Å². The standard InChI is InChI=1S/C10H18N2O2/c13-10(9-2-1-3-11-6-9)14-7-8-4-12-5-8/h8-9,11-12H,1-7H2. The van der Waals surface area contributed by atoms with Crippen LogP contribution in [-0.2, 0) is 9.53 Å². The number of esters is 1. The SMILES string of the molecule is O=C(OCC1CNC1)C1CCCNC1. The van der Waals surface area contributed by atoms with Gasteiger partial charge in [0.1, 0.15) is 0 Å². The van der Waals surface area contributed by atoms with Gasteiger partial charge in [-0.2, -0.15) is 0 Å². The zero-order valence-electron chi connectivity index (χ0n) is 8.42. The Balaban J connectivity index is 1.65. The normalized spacial score (nSPS) is 28.1. The molecule has 0 aliphatic carbocycles. The van der Waals surface area contributed by atoms with Crippen molar-refractivity contribution in [2.75, 3.05) is 32.8 Å². The number of piperidine rings is 1. The monoisotopic (exact) mass is 198 g/mol. The van der Waals surface area contributed by atoms with Crippen molar-refractivity contribution in [1.29, 1.82) is 0 Å². The van der Waals surface area contributed by atoms with Crippen molar-refractivity contribution in [3.8, 4) is 0 Å². The lowest BCUT2D eigenvalue weighted by atomic mass is 10.00. The number of nitrogens with one attached hydrogen (secondary N) is 2. The Morgan fingerprint density at radius 2 is 2.14 bits per heavy atom. The summed E-state index contributed by atoms with van der Waals surface area (Å²) in [5, 5.41) is 6.38. The summed E-state index contributed by atoms with van der Waals surface area (Å²) in [5.41, 5.74) is 0. The van der Waals surface area contributed by atoms with E-state index in [1.54, 1.807) is 0 Å². The second kappa shape index (κ2) is 4.75. The maximum absolute atomic E-state index is 11.6. The summed E-state index contributed by atoms with van der Waals surface area (Å²) in [4.78, 5) is 11.6. The van der Waals surface area contributed by atoms with Crippen LogP contribution in [0.1, 0.15) is 12.8 Å². The third kappa shape index (κ3) is 2.45. The van der Waals surface area contributed by atoms with Crippen LogP contribution < -0.4 is 10.6 Å². The predicted molar refractivity (Wildman–Crippen MR) is 52.9 cm³/mol. The maximum Gasteiger partial charge on any atom is 0.310 e. The molecular formula is C10H18N2O2. The highest BCUT2D eigenvalue weighted by molar-refractivity contribution is 5.72. The van der Waals surface area contributed by atoms with Gasteiger partial charge >= 0.3 is 5.97 Å². The topological polar surface area (TPSA) is 50.4 Å². The van der Waals surface area contributed by atoms with Crippen molar-refractivity contribution in [2.24, 2.45) is 11.8 Å². The van der Waals surface area contributed by atoms with Crippen LogP contribution >= 0.6 is 0 Å². The van der Waals surface area contributed by atoms with Crippen molar-refractivity contribution in [3.05, 3.63) is 0 Å². The van der Waals surface area contributed by atoms with Gasteiger partial charge in [0.15, 0.2) is 0 Å². The first-order valence-corrected chi connectivity index (χ1v) is 5.44. The number of hydrogen-bond donors (Lipinski definition) is 2. The highest BCUT2D eigenvalue weighted by Crippen LogP contribution is 2.13. The molecule has 2 aliphatic rings. The Hall–Kier alpha value is -0.610. The molecule has 0 aromatic carbocycles. The average molecular weight is 198 g/mol. The average Bonchev–Trinajstić information content (AvgIpc) is 2.16. The number of carbonyl (C=O) groups excluding carboxylic acids is 1. The quantitative estimate of drug-likeness (QED) is 0.614. The Kier molecular flexibility index (Phi) is 3.37. The molecular weight excluding hydrogens is 180 g/mol. The molecule has 80 valence electrons. The van der Waals surface area contributed by atoms with Crippen molar-refractivity contribution in [3.63, 3.8) is 0 Å². The first kappa shape index (κ1) is 9.93. The van der Waals surface area contributed by atoms with E-state index in [2.05, 4.69) is 10.6 Å². The first-order chi connectivity index (χ1) is 6.86. The van der Waals surface area contributed by atoms with Crippen LogP contribution in [0.5, 0.6) is 0 Å². The molecule has 4 nitrogen and oxygen atoms in total. The predicted octanol–water partition coefficient (Wildman–Crippen LogP) is -0.251. The summed E-state index contributed by atoms with van der Waals surface area (Å²) in [7, 11) is 0. The fourth-order valence-corrected chi connectivity index (χ4v) is 1.84. The van der Waals surface area contributed by atoms with Gasteiger partial charge < -0.3 is 15.4 Å². The third-order valence-electron chi connectivity index (χ3n) is 2.96. The minimum atomic E-state index is -0.0101. The Morgan fingerprint density at radius 3 is 2.71 bits per heavy atom. The second-order valence-electron chi connectivity index (χ2n) is 4.20. The lowest BCUT2D eigenvalue weighted by Crippen LogP contribution is -2.45. The van der Waals surface area contributed by atoms with Gasteiger partial charge in [0.25, 0.3) is 0 Å². The molecule has 1 unspecified atom stereocenters. The molecule has 0 saturated carbocycles. The van der Waals surface area contributed by atoms with E-state index < -0.39 is 0 Å². The zero-order valence-corrected chi connectivity index (χ0v) is 8.42. The molecule has 4 heteroatoms. The molecule has 0 spiro atoms. The summed E-state index contributed by atoms with van der Waals surface area (Å²) in [6, 6.07) is 0. The van der Waals surface area contributed by atoms with Crippen LogP contribution in [0.15, 0.2) is 0 Å². The first-order valence-electron chi connectivity index (χ1n) is 5.44. The van der Waals surface area contributed by atoms with Gasteiger partial charge in [-0.1, -0.05) is 0 Å². The van der Waals surface area contributed by atoms with E-state index in [0.717, 1.165) is 39.0 Å². The van der Waals surface area contributed by atoms with Crippen LogP contribution in [0.2, 0.25) is 0 Å². The lowest BCUT2D eigenvalue weighted by molar-refractivity contribution is -0.151. The number of hydrogen-bond acceptors (Lipinski definition) is 4. The molecule has 1 atom stereocenters. The minimum Gasteiger partial charge on any atom is -0.465 e. The lowest BCUT2D eigenvalue weighted by Gasteiger charge is -2.28. The summed E-state index contributed by atoms with van der Waals surface area (Å²) in [6.45, 7) is 4.42. The molecule has 0 aromatic rings. The van der Waals surface area contributed by atoms with Gasteiger partial charge in [0.2, 0.25) is 0 Å². The second-order valence-corrected chi connectivity index (χ2v) is 4.20. The van der Waals surface area contributed by atoms with Gasteiger partial charge in [-0.05, 0) is 19.4 Å². The van der Waals surface area contributed by atoms with E-state index in [0.29, 0.717) is 12.5 Å². The maximum atomic E-state index is 11.6. The molecule has 14 heavy (non-hydrogen) atoms. The zero-order chi connectivity index (χ0) is 9.80. The van der Waals surface area contributed by atoms with Gasteiger partial charge in [0.05, 0.1) is 12.5 Å². The van der Waals surface area contributed by atoms with Crippen molar-refractivity contribution in [1.82, 2.24) is 10.6 Å². The third-order valence-corrected chi connectivity index (χ3v) is 2.96. The summed E-state index contributed by atoms with van der Waals surface area (Å²) >= 11 is 0. The fourth-order valence-electron chi connectivity index (χ4n) is 1.84. The van der Waals surface area contributed by atoms with Crippen molar-refractivity contribution >= 4 is 5.97 Å². The molecule has 0 bridgehead atoms. The molecule has 0 radical (unpaired) electrons. The summed E-state index contributed by atoms with van der Waals surface area (Å²) in [6.07, 6.45) is 2.07. The van der Waals surface area contributed by atoms with Crippen LogP contribution in [0, 0.1) is 11.8 Å². The van der Waals surface area contributed by atoms with E-state index in [1.165, 1.54) is 0 Å². The van der Waals surface area contributed by atoms with E-state index in [9.17, 15) is 4.79 Å². The number of rotatable bonds is 3. The Labute approximate surface area is 84.4 Å². The smallest absolute Gasteiger partial charge is 0.310 e. The molecule has 2 N–H and O–H groups in total. The fraction of sp³-hybridized carbons (Fsp3) is 0.900. The molecule has 2 heterocycles. The Bertz CT molecular complexity index is 198. The Morgan fingerprint density at radius 1 is 1.29 bits per heavy atom. The highest BCUT2D eigenvalue weighted by atomic mass is 16.5. The van der Waals surface area contributed by atoms with Gasteiger partial charge in [0, 0.05) is 25.6 Å². The van der Waals surface area contributed by atoms with Gasteiger partial charge in [-0.25, -0.2) is 0 Å². The highest BCUT2D eigenvalue weighted by Gasteiger charge is 2.24. The van der Waals surface area contributed by atoms with E-state index in [4.69, 9.17) is 4.74 Å². The number of carbonyl (C=O) groups is 1. The van der Waals surface area contributed by atoms with Crippen LogP contribution in [0.3, 0.4) is 0 Å². The van der Waals surface area contributed by atoms with Crippen LogP contribution in [0.4, 0.5) is 0 Å². The van der Waals surface area contributed by atoms with E-state index >= 15 is 0 Å².